The van der Waals surface area contributed by atoms with Crippen LogP contribution in [0, 0.1) is 0 Å². The highest BCUT2D eigenvalue weighted by molar-refractivity contribution is 5.62. The fraction of sp³-hybridized carbons (Fsp3) is 0.875. The van der Waals surface area contributed by atoms with Crippen LogP contribution in [0.3, 0.4) is 0 Å². The molecule has 1 aliphatic heterocycles. The first kappa shape index (κ1) is 13.3. The van der Waals surface area contributed by atoms with E-state index in [2.05, 4.69) is 0 Å². The highest BCUT2D eigenvalue weighted by atomic mass is 16.5. The number of aliphatic carboxylic acids is 1. The van der Waals surface area contributed by atoms with Crippen molar-refractivity contribution in [2.75, 3.05) is 13.1 Å². The van der Waals surface area contributed by atoms with Gasteiger partial charge in [-0.25, -0.2) is 0 Å². The molecule has 0 bridgehead atoms. The van der Waals surface area contributed by atoms with Crippen LogP contribution in [0.2, 0.25) is 0 Å². The zero-order valence-corrected chi connectivity index (χ0v) is 8.71. The number of aliphatic hydroxyl groups excluding tert-OH is 1. The minimum absolute atomic E-state index is 0.0556. The van der Waals surface area contributed by atoms with Crippen LogP contribution in [0.4, 0.5) is 0 Å². The maximum Gasteiger partial charge on any atom is 0.300 e. The second kappa shape index (κ2) is 5.92. The number of carbonyl (C=O) groups is 1. The van der Waals surface area contributed by atoms with Gasteiger partial charge in [0.1, 0.15) is 6.23 Å². The SMILES string of the molecule is CC(=O)O.CC(O)N1CCN(O)C1C. The summed E-state index contributed by atoms with van der Waals surface area (Å²) in [4.78, 5) is 10.8. The summed E-state index contributed by atoms with van der Waals surface area (Å²) in [5.41, 5.74) is 0. The van der Waals surface area contributed by atoms with E-state index < -0.39 is 12.2 Å². The fourth-order valence-electron chi connectivity index (χ4n) is 1.26. The second-order valence-electron chi connectivity index (χ2n) is 3.18. The van der Waals surface area contributed by atoms with Gasteiger partial charge < -0.3 is 15.4 Å². The lowest BCUT2D eigenvalue weighted by atomic mass is 10.4. The van der Waals surface area contributed by atoms with Gasteiger partial charge in [0.05, 0.1) is 6.17 Å². The molecular weight excluding hydrogens is 188 g/mol. The fourth-order valence-corrected chi connectivity index (χ4v) is 1.26. The van der Waals surface area contributed by atoms with Crippen molar-refractivity contribution in [2.45, 2.75) is 33.2 Å². The van der Waals surface area contributed by atoms with Crippen molar-refractivity contribution in [1.82, 2.24) is 9.96 Å². The van der Waals surface area contributed by atoms with Gasteiger partial charge in [0.25, 0.3) is 5.97 Å². The molecular formula is C8H18N2O4. The number of carboxylic acids is 1. The molecule has 1 saturated heterocycles. The maximum absolute atomic E-state index is 9.13. The van der Waals surface area contributed by atoms with E-state index in [0.29, 0.717) is 6.54 Å². The van der Waals surface area contributed by atoms with E-state index in [-0.39, 0.29) is 6.17 Å². The Bertz CT molecular complexity index is 182. The molecule has 6 heteroatoms. The highest BCUT2D eigenvalue weighted by Gasteiger charge is 2.29. The van der Waals surface area contributed by atoms with E-state index in [1.807, 2.05) is 11.8 Å². The number of rotatable bonds is 1. The zero-order valence-electron chi connectivity index (χ0n) is 8.71. The molecule has 0 spiro atoms. The standard InChI is InChI=1S/C6H14N2O2.C2H4O2/c1-5-7(6(2)9)3-4-8(5)10;1-2(3)4/h5-6,9-10H,3-4H2,1-2H3;1H3,(H,3,4). The molecule has 1 aliphatic rings. The summed E-state index contributed by atoms with van der Waals surface area (Å²) >= 11 is 0. The van der Waals surface area contributed by atoms with Crippen LogP contribution in [0.1, 0.15) is 20.8 Å². The monoisotopic (exact) mass is 206 g/mol. The molecule has 84 valence electrons. The van der Waals surface area contributed by atoms with E-state index >= 15 is 0 Å². The molecule has 0 radical (unpaired) electrons. The van der Waals surface area contributed by atoms with Crippen molar-refractivity contribution in [3.8, 4) is 0 Å². The number of nitrogens with zero attached hydrogens (tertiary/aromatic N) is 2. The molecule has 0 aromatic carbocycles. The molecule has 3 N–H and O–H groups in total. The topological polar surface area (TPSA) is 84.2 Å². The normalized spacial score (nSPS) is 25.4. The largest absolute Gasteiger partial charge is 0.481 e. The van der Waals surface area contributed by atoms with Crippen LogP contribution < -0.4 is 0 Å². The molecule has 2 unspecified atom stereocenters. The summed E-state index contributed by atoms with van der Waals surface area (Å²) in [6.07, 6.45) is -0.521. The van der Waals surface area contributed by atoms with Crippen LogP contribution in [-0.4, -0.2) is 56.8 Å². The number of aliphatic hydroxyl groups is 1. The Kier molecular flexibility index (Phi) is 5.63. The van der Waals surface area contributed by atoms with Crippen molar-refractivity contribution < 1.29 is 20.2 Å². The molecule has 0 aromatic rings. The van der Waals surface area contributed by atoms with E-state index in [1.165, 1.54) is 5.06 Å². The van der Waals surface area contributed by atoms with Gasteiger partial charge in [0.15, 0.2) is 0 Å². The van der Waals surface area contributed by atoms with Gasteiger partial charge in [-0.3, -0.25) is 9.69 Å². The van der Waals surface area contributed by atoms with Crippen molar-refractivity contribution in [3.05, 3.63) is 0 Å². The van der Waals surface area contributed by atoms with E-state index in [1.54, 1.807) is 6.92 Å². The average molecular weight is 206 g/mol. The predicted molar refractivity (Wildman–Crippen MR) is 49.7 cm³/mol. The van der Waals surface area contributed by atoms with Crippen LogP contribution >= 0.6 is 0 Å². The van der Waals surface area contributed by atoms with Gasteiger partial charge >= 0.3 is 0 Å². The third kappa shape index (κ3) is 4.52. The average Bonchev–Trinajstić information content (AvgIpc) is 2.31. The Morgan fingerprint density at radius 1 is 1.50 bits per heavy atom. The lowest BCUT2D eigenvalue weighted by Gasteiger charge is -2.25. The zero-order chi connectivity index (χ0) is 11.3. The quantitative estimate of drug-likeness (QED) is 0.549. The van der Waals surface area contributed by atoms with Gasteiger partial charge in [-0.05, 0) is 13.8 Å². The van der Waals surface area contributed by atoms with Crippen molar-refractivity contribution >= 4 is 5.97 Å². The molecule has 1 heterocycles. The van der Waals surface area contributed by atoms with Crippen LogP contribution in [-0.2, 0) is 4.79 Å². The molecule has 0 aliphatic carbocycles. The Balaban J connectivity index is 0.000000364. The maximum atomic E-state index is 9.13. The van der Waals surface area contributed by atoms with Gasteiger partial charge in [-0.2, -0.15) is 5.06 Å². The first-order valence-corrected chi connectivity index (χ1v) is 4.45. The van der Waals surface area contributed by atoms with Crippen LogP contribution in [0.5, 0.6) is 0 Å². The molecule has 0 aromatic heterocycles. The smallest absolute Gasteiger partial charge is 0.300 e. The Morgan fingerprint density at radius 3 is 2.07 bits per heavy atom. The van der Waals surface area contributed by atoms with E-state index in [4.69, 9.17) is 20.2 Å². The van der Waals surface area contributed by atoms with E-state index in [0.717, 1.165) is 13.5 Å². The van der Waals surface area contributed by atoms with Crippen molar-refractivity contribution in [3.63, 3.8) is 0 Å². The molecule has 2 atom stereocenters. The van der Waals surface area contributed by atoms with Crippen molar-refractivity contribution in [2.24, 2.45) is 0 Å². The lowest BCUT2D eigenvalue weighted by Crippen LogP contribution is -2.39. The molecule has 0 saturated carbocycles. The first-order valence-electron chi connectivity index (χ1n) is 4.45. The molecule has 6 nitrogen and oxygen atoms in total. The summed E-state index contributed by atoms with van der Waals surface area (Å²) in [5, 5.41) is 26.9. The predicted octanol–water partition coefficient (Wildman–Crippen LogP) is -0.232. The Hall–Kier alpha value is -0.690. The lowest BCUT2D eigenvalue weighted by molar-refractivity contribution is -0.137. The summed E-state index contributed by atoms with van der Waals surface area (Å²) in [6.45, 7) is 6.00. The van der Waals surface area contributed by atoms with Gasteiger partial charge in [0, 0.05) is 20.0 Å². The number of carboxylic acid groups (broad SMARTS) is 1. The van der Waals surface area contributed by atoms with Gasteiger partial charge in [-0.15, -0.1) is 0 Å². The van der Waals surface area contributed by atoms with Crippen molar-refractivity contribution in [1.29, 1.82) is 0 Å². The molecule has 1 fully saturated rings. The number of hydrogen-bond acceptors (Lipinski definition) is 5. The van der Waals surface area contributed by atoms with Crippen LogP contribution in [0.15, 0.2) is 0 Å². The summed E-state index contributed by atoms with van der Waals surface area (Å²) in [5.74, 6) is -0.833. The molecule has 14 heavy (non-hydrogen) atoms. The second-order valence-corrected chi connectivity index (χ2v) is 3.18. The number of hydroxylamine groups is 2. The summed E-state index contributed by atoms with van der Waals surface area (Å²) in [6, 6.07) is 0. The third-order valence-corrected chi connectivity index (χ3v) is 1.98. The Labute approximate surface area is 83.3 Å². The Morgan fingerprint density at radius 2 is 1.93 bits per heavy atom. The number of hydrogen-bond donors (Lipinski definition) is 3. The van der Waals surface area contributed by atoms with Gasteiger partial charge in [-0.1, -0.05) is 0 Å². The molecule has 1 rings (SSSR count). The van der Waals surface area contributed by atoms with Crippen LogP contribution in [0.25, 0.3) is 0 Å². The summed E-state index contributed by atoms with van der Waals surface area (Å²) < 4.78 is 0. The minimum atomic E-state index is -0.833. The van der Waals surface area contributed by atoms with Gasteiger partial charge in [0.2, 0.25) is 0 Å². The molecule has 0 amide bonds. The third-order valence-electron chi connectivity index (χ3n) is 1.98. The summed E-state index contributed by atoms with van der Waals surface area (Å²) in [7, 11) is 0. The first-order chi connectivity index (χ1) is 6.36. The minimum Gasteiger partial charge on any atom is -0.481 e. The highest BCUT2D eigenvalue weighted by Crippen LogP contribution is 2.12. The van der Waals surface area contributed by atoms with E-state index in [9.17, 15) is 0 Å².